The normalized spacial score (nSPS) is 10.6. The van der Waals surface area contributed by atoms with Gasteiger partial charge in [-0.15, -0.1) is 0 Å². The summed E-state index contributed by atoms with van der Waals surface area (Å²) in [4.78, 5) is 0. The largest absolute Gasteiger partial charge is 0.205 e. The second-order valence-corrected chi connectivity index (χ2v) is 7.58. The van der Waals surface area contributed by atoms with Crippen molar-refractivity contribution in [2.24, 2.45) is 0 Å². The molecule has 0 spiro atoms. The summed E-state index contributed by atoms with van der Waals surface area (Å²) in [7, 11) is 0. The Morgan fingerprint density at radius 1 is 0.655 bits per heavy atom. The number of aryl methyl sites for hydroxylation is 4. The molecule has 1 heteroatoms. The minimum atomic E-state index is -0.246. The Kier molecular flexibility index (Phi) is 5.45. The Balaban J connectivity index is 1.47. The first-order chi connectivity index (χ1) is 14.1. The highest BCUT2D eigenvalue weighted by Gasteiger charge is 2.05. The van der Waals surface area contributed by atoms with Crippen LogP contribution in [0.5, 0.6) is 0 Å². The molecule has 0 aliphatic heterocycles. The van der Waals surface area contributed by atoms with Crippen LogP contribution >= 0.6 is 0 Å². The zero-order valence-electron chi connectivity index (χ0n) is 16.8. The SMILES string of the molecule is Cc1ccc(CCc2ccc(C#Cc3ccc4cc(C)ccc4c3F)cc2)cc1. The molecule has 0 bridgehead atoms. The molecule has 0 saturated heterocycles. The van der Waals surface area contributed by atoms with E-state index >= 15 is 0 Å². The van der Waals surface area contributed by atoms with Gasteiger partial charge in [-0.25, -0.2) is 4.39 Å². The first-order valence-electron chi connectivity index (χ1n) is 9.94. The van der Waals surface area contributed by atoms with Gasteiger partial charge in [-0.05, 0) is 61.4 Å². The van der Waals surface area contributed by atoms with E-state index in [9.17, 15) is 4.39 Å². The van der Waals surface area contributed by atoms with Crippen LogP contribution in [0.25, 0.3) is 10.8 Å². The van der Waals surface area contributed by atoms with E-state index in [2.05, 4.69) is 55.2 Å². The topological polar surface area (TPSA) is 0 Å². The fraction of sp³-hybridized carbons (Fsp3) is 0.143. The van der Waals surface area contributed by atoms with Gasteiger partial charge in [0.2, 0.25) is 0 Å². The van der Waals surface area contributed by atoms with Gasteiger partial charge in [0.1, 0.15) is 5.82 Å². The van der Waals surface area contributed by atoms with Crippen molar-refractivity contribution in [3.05, 3.63) is 118 Å². The van der Waals surface area contributed by atoms with E-state index in [0.717, 1.165) is 29.4 Å². The first-order valence-corrected chi connectivity index (χ1v) is 9.94. The van der Waals surface area contributed by atoms with Gasteiger partial charge in [0.15, 0.2) is 0 Å². The van der Waals surface area contributed by atoms with Gasteiger partial charge < -0.3 is 0 Å². The van der Waals surface area contributed by atoms with Gasteiger partial charge in [-0.1, -0.05) is 83.6 Å². The summed E-state index contributed by atoms with van der Waals surface area (Å²) in [5, 5.41) is 1.53. The summed E-state index contributed by atoms with van der Waals surface area (Å²) in [6.45, 7) is 4.11. The molecule has 0 radical (unpaired) electrons. The molecule has 0 N–H and O–H groups in total. The van der Waals surface area contributed by atoms with E-state index in [1.54, 1.807) is 6.07 Å². The second-order valence-electron chi connectivity index (χ2n) is 7.58. The van der Waals surface area contributed by atoms with Crippen molar-refractivity contribution in [2.75, 3.05) is 0 Å². The molecule has 4 aromatic rings. The van der Waals surface area contributed by atoms with Gasteiger partial charge in [-0.2, -0.15) is 0 Å². The Morgan fingerprint density at radius 3 is 1.97 bits per heavy atom. The van der Waals surface area contributed by atoms with Gasteiger partial charge in [0, 0.05) is 10.9 Å². The Bertz CT molecular complexity index is 1200. The summed E-state index contributed by atoms with van der Waals surface area (Å²) in [5.41, 5.74) is 6.37. The third-order valence-electron chi connectivity index (χ3n) is 5.23. The molecule has 0 aliphatic rings. The lowest BCUT2D eigenvalue weighted by Crippen LogP contribution is -1.91. The van der Waals surface area contributed by atoms with Crippen LogP contribution in [-0.2, 0) is 12.8 Å². The van der Waals surface area contributed by atoms with Crippen LogP contribution in [0.15, 0.2) is 78.9 Å². The van der Waals surface area contributed by atoms with E-state index in [0.29, 0.717) is 10.9 Å². The van der Waals surface area contributed by atoms with Gasteiger partial charge in [0.25, 0.3) is 0 Å². The monoisotopic (exact) mass is 378 g/mol. The molecule has 0 unspecified atom stereocenters. The van der Waals surface area contributed by atoms with Crippen LogP contribution in [0.4, 0.5) is 4.39 Å². The molecule has 0 fully saturated rings. The molecular weight excluding hydrogens is 355 g/mol. The van der Waals surface area contributed by atoms with Gasteiger partial charge in [0.05, 0.1) is 5.56 Å². The van der Waals surface area contributed by atoms with Crippen LogP contribution in [0.1, 0.15) is 33.4 Å². The minimum Gasteiger partial charge on any atom is -0.205 e. The van der Waals surface area contributed by atoms with Gasteiger partial charge in [-0.3, -0.25) is 0 Å². The molecule has 0 aromatic heterocycles. The van der Waals surface area contributed by atoms with Crippen molar-refractivity contribution >= 4 is 10.8 Å². The summed E-state index contributed by atoms with van der Waals surface area (Å²) in [6, 6.07) is 26.4. The maximum Gasteiger partial charge on any atom is 0.146 e. The van der Waals surface area contributed by atoms with E-state index < -0.39 is 0 Å². The molecule has 0 amide bonds. The Labute approximate surface area is 172 Å². The maximum absolute atomic E-state index is 14.8. The third kappa shape index (κ3) is 4.55. The lowest BCUT2D eigenvalue weighted by Gasteiger charge is -2.04. The standard InChI is InChI=1S/C28H23F/c1-20-3-6-22(7-4-20)8-9-23-10-12-24(13-11-23)14-15-25-16-17-26-19-21(2)5-18-27(26)28(25)29/h3-7,10-13,16-19H,8-9H2,1-2H3. The fourth-order valence-electron chi connectivity index (χ4n) is 3.45. The summed E-state index contributed by atoms with van der Waals surface area (Å²) < 4.78 is 14.8. The number of fused-ring (bicyclic) bond motifs is 1. The van der Waals surface area contributed by atoms with Crippen LogP contribution in [0.3, 0.4) is 0 Å². The number of benzene rings is 4. The molecule has 0 atom stereocenters. The van der Waals surface area contributed by atoms with Crippen molar-refractivity contribution in [3.63, 3.8) is 0 Å². The predicted octanol–water partition coefficient (Wildman–Crippen LogP) is 6.78. The molecule has 0 saturated carbocycles. The summed E-state index contributed by atoms with van der Waals surface area (Å²) >= 11 is 0. The van der Waals surface area contributed by atoms with Crippen molar-refractivity contribution in [1.82, 2.24) is 0 Å². The highest BCUT2D eigenvalue weighted by Crippen LogP contribution is 2.22. The average molecular weight is 378 g/mol. The second kappa shape index (κ2) is 8.33. The lowest BCUT2D eigenvalue weighted by atomic mass is 10.0. The minimum absolute atomic E-state index is 0.246. The zero-order chi connectivity index (χ0) is 20.2. The molecule has 4 aromatic carbocycles. The molecular formula is C28H23F. The smallest absolute Gasteiger partial charge is 0.146 e. The van der Waals surface area contributed by atoms with Crippen molar-refractivity contribution < 1.29 is 4.39 Å². The number of halogens is 1. The molecule has 142 valence electrons. The van der Waals surface area contributed by atoms with E-state index in [1.165, 1.54) is 16.7 Å². The first kappa shape index (κ1) is 19.0. The third-order valence-corrected chi connectivity index (χ3v) is 5.23. The lowest BCUT2D eigenvalue weighted by molar-refractivity contribution is 0.636. The quantitative estimate of drug-likeness (QED) is 0.345. The Hall–Kier alpha value is -3.37. The summed E-state index contributed by atoms with van der Waals surface area (Å²) in [5.74, 6) is 5.84. The average Bonchev–Trinajstić information content (AvgIpc) is 2.73. The van der Waals surface area contributed by atoms with Crippen LogP contribution in [-0.4, -0.2) is 0 Å². The highest BCUT2D eigenvalue weighted by atomic mass is 19.1. The maximum atomic E-state index is 14.8. The molecule has 0 heterocycles. The zero-order valence-corrected chi connectivity index (χ0v) is 16.8. The van der Waals surface area contributed by atoms with Crippen LogP contribution < -0.4 is 0 Å². The van der Waals surface area contributed by atoms with E-state index in [1.807, 2.05) is 43.3 Å². The Morgan fingerprint density at radius 2 is 1.28 bits per heavy atom. The van der Waals surface area contributed by atoms with Crippen LogP contribution in [0, 0.1) is 31.5 Å². The molecule has 0 aliphatic carbocycles. The molecule has 0 nitrogen and oxygen atoms in total. The van der Waals surface area contributed by atoms with Crippen molar-refractivity contribution in [3.8, 4) is 11.8 Å². The number of rotatable bonds is 3. The van der Waals surface area contributed by atoms with Gasteiger partial charge >= 0.3 is 0 Å². The predicted molar refractivity (Wildman–Crippen MR) is 120 cm³/mol. The van der Waals surface area contributed by atoms with E-state index in [4.69, 9.17) is 0 Å². The molecule has 29 heavy (non-hydrogen) atoms. The summed E-state index contributed by atoms with van der Waals surface area (Å²) in [6.07, 6.45) is 2.02. The van der Waals surface area contributed by atoms with Crippen molar-refractivity contribution in [2.45, 2.75) is 26.7 Å². The fourth-order valence-corrected chi connectivity index (χ4v) is 3.45. The number of hydrogen-bond acceptors (Lipinski definition) is 0. The number of hydrogen-bond donors (Lipinski definition) is 0. The highest BCUT2D eigenvalue weighted by molar-refractivity contribution is 5.85. The van der Waals surface area contributed by atoms with Crippen LogP contribution in [0.2, 0.25) is 0 Å². The van der Waals surface area contributed by atoms with Crippen molar-refractivity contribution in [1.29, 1.82) is 0 Å². The molecule has 4 rings (SSSR count). The van der Waals surface area contributed by atoms with E-state index in [-0.39, 0.29) is 5.82 Å².